The highest BCUT2D eigenvalue weighted by atomic mass is 16.6. The minimum Gasteiger partial charge on any atom is -0.447 e. The second-order valence-corrected chi connectivity index (χ2v) is 4.66. The van der Waals surface area contributed by atoms with Crippen LogP contribution in [0.2, 0.25) is 0 Å². The zero-order chi connectivity index (χ0) is 9.60. The Bertz CT molecular complexity index is 257. The van der Waals surface area contributed by atoms with Crippen molar-refractivity contribution in [2.45, 2.75) is 37.3 Å². The van der Waals surface area contributed by atoms with Crippen LogP contribution in [0.4, 0.5) is 4.79 Å². The molecule has 0 aromatic rings. The van der Waals surface area contributed by atoms with Crippen LogP contribution in [0.25, 0.3) is 0 Å². The van der Waals surface area contributed by atoms with Crippen molar-refractivity contribution < 1.29 is 9.53 Å². The van der Waals surface area contributed by atoms with Gasteiger partial charge in [-0.3, -0.25) is 4.90 Å². The minimum absolute atomic E-state index is 0.00347. The summed E-state index contributed by atoms with van der Waals surface area (Å²) in [6.07, 6.45) is 4.49. The lowest BCUT2D eigenvalue weighted by atomic mass is 9.90. The van der Waals surface area contributed by atoms with Crippen LogP contribution < -0.4 is 5.32 Å². The summed E-state index contributed by atoms with van der Waals surface area (Å²) in [5.41, 5.74) is -0.00347. The molecule has 1 atom stereocenters. The molecule has 2 heterocycles. The van der Waals surface area contributed by atoms with E-state index in [9.17, 15) is 4.79 Å². The summed E-state index contributed by atoms with van der Waals surface area (Å²) in [4.78, 5) is 13.6. The third kappa shape index (κ3) is 1.13. The summed E-state index contributed by atoms with van der Waals surface area (Å²) in [6.45, 7) is 2.58. The Kier molecular flexibility index (Phi) is 1.74. The molecule has 1 aliphatic carbocycles. The van der Waals surface area contributed by atoms with Gasteiger partial charge in [0.25, 0.3) is 0 Å². The number of hydrogen-bond acceptors (Lipinski definition) is 3. The molecule has 2 saturated heterocycles. The molecule has 0 aromatic heterocycles. The van der Waals surface area contributed by atoms with Crippen LogP contribution in [0.1, 0.15) is 25.7 Å². The van der Waals surface area contributed by atoms with Crippen molar-refractivity contribution >= 4 is 6.09 Å². The molecule has 0 radical (unpaired) electrons. The molecule has 2 aliphatic heterocycles. The number of amides is 1. The maximum absolute atomic E-state index is 11.6. The molecule has 0 bridgehead atoms. The Balaban J connectivity index is 1.85. The van der Waals surface area contributed by atoms with E-state index in [0.717, 1.165) is 38.8 Å². The van der Waals surface area contributed by atoms with Crippen LogP contribution in [-0.4, -0.2) is 42.3 Å². The van der Waals surface area contributed by atoms with Gasteiger partial charge in [-0.25, -0.2) is 4.79 Å². The van der Waals surface area contributed by atoms with Crippen LogP contribution in [-0.2, 0) is 4.74 Å². The molecule has 1 N–H and O–H groups in total. The molecule has 0 aromatic carbocycles. The van der Waals surface area contributed by atoms with E-state index in [1.54, 1.807) is 0 Å². The van der Waals surface area contributed by atoms with E-state index in [1.165, 1.54) is 0 Å². The maximum atomic E-state index is 11.6. The molecule has 4 heteroatoms. The molecule has 14 heavy (non-hydrogen) atoms. The first-order valence-electron chi connectivity index (χ1n) is 5.49. The van der Waals surface area contributed by atoms with Gasteiger partial charge in [-0.1, -0.05) is 0 Å². The Morgan fingerprint density at radius 1 is 1.50 bits per heavy atom. The second-order valence-electron chi connectivity index (χ2n) is 4.66. The molecule has 3 aliphatic rings. The van der Waals surface area contributed by atoms with Gasteiger partial charge in [-0.2, -0.15) is 0 Å². The van der Waals surface area contributed by atoms with E-state index in [2.05, 4.69) is 5.32 Å². The Morgan fingerprint density at radius 2 is 2.36 bits per heavy atom. The summed E-state index contributed by atoms with van der Waals surface area (Å²) < 4.78 is 5.21. The van der Waals surface area contributed by atoms with Crippen molar-refractivity contribution in [1.29, 1.82) is 0 Å². The largest absolute Gasteiger partial charge is 0.447 e. The van der Waals surface area contributed by atoms with E-state index < -0.39 is 0 Å². The van der Waals surface area contributed by atoms with Crippen molar-refractivity contribution in [2.75, 3.05) is 19.7 Å². The highest BCUT2D eigenvalue weighted by Crippen LogP contribution is 2.40. The number of nitrogens with zero attached hydrogens (tertiary/aromatic N) is 1. The smallest absolute Gasteiger partial charge is 0.410 e. The third-order valence-corrected chi connectivity index (χ3v) is 3.53. The Labute approximate surface area is 83.6 Å². The fourth-order valence-corrected chi connectivity index (χ4v) is 2.68. The molecule has 78 valence electrons. The van der Waals surface area contributed by atoms with Gasteiger partial charge < -0.3 is 10.1 Å². The van der Waals surface area contributed by atoms with E-state index in [4.69, 9.17) is 4.74 Å². The van der Waals surface area contributed by atoms with Crippen molar-refractivity contribution in [3.05, 3.63) is 0 Å². The van der Waals surface area contributed by atoms with Gasteiger partial charge in [0.15, 0.2) is 0 Å². The predicted octanol–water partition coefficient (Wildman–Crippen LogP) is 0.723. The van der Waals surface area contributed by atoms with Gasteiger partial charge in [0, 0.05) is 12.6 Å². The van der Waals surface area contributed by atoms with Crippen molar-refractivity contribution in [3.63, 3.8) is 0 Å². The zero-order valence-electron chi connectivity index (χ0n) is 8.29. The Hall–Kier alpha value is -0.770. The monoisotopic (exact) mass is 196 g/mol. The number of carbonyl (C=O) groups is 1. The van der Waals surface area contributed by atoms with Gasteiger partial charge in [0.2, 0.25) is 0 Å². The highest BCUT2D eigenvalue weighted by molar-refractivity contribution is 5.72. The van der Waals surface area contributed by atoms with E-state index in [-0.39, 0.29) is 11.6 Å². The molecule has 4 nitrogen and oxygen atoms in total. The van der Waals surface area contributed by atoms with Crippen molar-refractivity contribution in [1.82, 2.24) is 10.2 Å². The normalized spacial score (nSPS) is 37.7. The number of ether oxygens (including phenoxy) is 1. The zero-order valence-corrected chi connectivity index (χ0v) is 8.29. The van der Waals surface area contributed by atoms with Crippen LogP contribution in [0, 0.1) is 0 Å². The maximum Gasteiger partial charge on any atom is 0.410 e. The van der Waals surface area contributed by atoms with Gasteiger partial charge in [-0.05, 0) is 32.2 Å². The van der Waals surface area contributed by atoms with Gasteiger partial charge in [0.05, 0.1) is 5.54 Å². The molecule has 3 rings (SSSR count). The number of hydrogen-bond donors (Lipinski definition) is 1. The van der Waals surface area contributed by atoms with Crippen LogP contribution in [0.5, 0.6) is 0 Å². The van der Waals surface area contributed by atoms with Crippen LogP contribution in [0.3, 0.4) is 0 Å². The lowest BCUT2D eigenvalue weighted by Crippen LogP contribution is -2.57. The van der Waals surface area contributed by atoms with E-state index in [1.807, 2.05) is 4.90 Å². The lowest BCUT2D eigenvalue weighted by Gasteiger charge is -2.39. The van der Waals surface area contributed by atoms with Crippen LogP contribution in [0.15, 0.2) is 0 Å². The van der Waals surface area contributed by atoms with Crippen LogP contribution >= 0.6 is 0 Å². The van der Waals surface area contributed by atoms with E-state index >= 15 is 0 Å². The standard InChI is InChI=1S/C10H16N2O2/c13-9-12(8-2-3-8)10(7-14-9)4-1-5-11-6-10/h8,11H,1-7H2. The predicted molar refractivity (Wildman–Crippen MR) is 51.0 cm³/mol. The molecule has 1 amide bonds. The average molecular weight is 196 g/mol. The molecule has 1 saturated carbocycles. The first kappa shape index (κ1) is 8.53. The first-order valence-corrected chi connectivity index (χ1v) is 5.49. The van der Waals surface area contributed by atoms with Gasteiger partial charge in [0.1, 0.15) is 6.61 Å². The van der Waals surface area contributed by atoms with Gasteiger partial charge in [-0.15, -0.1) is 0 Å². The topological polar surface area (TPSA) is 41.6 Å². The fraction of sp³-hybridized carbons (Fsp3) is 0.900. The molecule has 1 spiro atoms. The Morgan fingerprint density at radius 3 is 3.00 bits per heavy atom. The van der Waals surface area contributed by atoms with Crippen molar-refractivity contribution in [2.24, 2.45) is 0 Å². The number of carbonyl (C=O) groups excluding carboxylic acids is 1. The summed E-state index contributed by atoms with van der Waals surface area (Å²) in [6, 6.07) is 0.477. The number of piperidine rings is 1. The van der Waals surface area contributed by atoms with Gasteiger partial charge >= 0.3 is 6.09 Å². The lowest BCUT2D eigenvalue weighted by molar-refractivity contribution is 0.123. The minimum atomic E-state index is -0.0869. The summed E-state index contributed by atoms with van der Waals surface area (Å²) in [7, 11) is 0. The van der Waals surface area contributed by atoms with Crippen molar-refractivity contribution in [3.8, 4) is 0 Å². The quantitative estimate of drug-likeness (QED) is 0.672. The summed E-state index contributed by atoms with van der Waals surface area (Å²) in [5.74, 6) is 0. The SMILES string of the molecule is O=C1OCC2(CCCNC2)N1C1CC1. The fourth-order valence-electron chi connectivity index (χ4n) is 2.68. The summed E-state index contributed by atoms with van der Waals surface area (Å²) in [5, 5.41) is 3.38. The number of rotatable bonds is 1. The average Bonchev–Trinajstić information content (AvgIpc) is 2.97. The third-order valence-electron chi connectivity index (χ3n) is 3.53. The van der Waals surface area contributed by atoms with E-state index in [0.29, 0.717) is 12.6 Å². The highest BCUT2D eigenvalue weighted by Gasteiger charge is 2.53. The molecular weight excluding hydrogens is 180 g/mol. The molecule has 3 fully saturated rings. The number of nitrogens with one attached hydrogen (secondary N) is 1. The number of cyclic esters (lactones) is 1. The second kappa shape index (κ2) is 2.86. The molecular formula is C10H16N2O2. The summed E-state index contributed by atoms with van der Waals surface area (Å²) >= 11 is 0. The molecule has 1 unspecified atom stereocenters. The first-order chi connectivity index (χ1) is 6.82.